The number of aryl methyl sites for hydroxylation is 2. The maximum absolute atomic E-state index is 9.15. The molecule has 259 valence electrons. The van der Waals surface area contributed by atoms with Crippen molar-refractivity contribution in [2.45, 2.75) is 48.8 Å². The van der Waals surface area contributed by atoms with Crippen molar-refractivity contribution in [2.24, 2.45) is 0 Å². The maximum atomic E-state index is 9.15. The van der Waals surface area contributed by atoms with Crippen molar-refractivity contribution in [2.75, 3.05) is 0 Å². The van der Waals surface area contributed by atoms with E-state index >= 15 is 0 Å². The Labute approximate surface area is 318 Å². The topological polar surface area (TPSA) is 0 Å². The minimum atomic E-state index is -5.40. The molecule has 2 unspecified atom stereocenters. The Morgan fingerprint density at radius 1 is 0.423 bits per heavy atom. The Hall–Kier alpha value is -3.52. The van der Waals surface area contributed by atoms with Crippen molar-refractivity contribution >= 4 is 45.5 Å². The number of allylic oxidation sites excluding steroid dienone is 2. The van der Waals surface area contributed by atoms with Gasteiger partial charge >= 0.3 is 321 Å². The summed E-state index contributed by atoms with van der Waals surface area (Å²) in [6.07, 6.45) is 4.86. The van der Waals surface area contributed by atoms with Crippen LogP contribution in [0.4, 0.5) is 0 Å². The van der Waals surface area contributed by atoms with Gasteiger partial charge in [0.05, 0.1) is 0 Å². The van der Waals surface area contributed by atoms with Crippen LogP contribution in [0.1, 0.15) is 65.6 Å². The Kier molecular flexibility index (Phi) is 9.15. The van der Waals surface area contributed by atoms with Crippen molar-refractivity contribution in [3.63, 3.8) is 0 Å². The molecule has 2 atom stereocenters. The van der Waals surface area contributed by atoms with Gasteiger partial charge in [-0.05, 0) is 0 Å². The summed E-state index contributed by atoms with van der Waals surface area (Å²) in [4.78, 5) is 0. The van der Waals surface area contributed by atoms with E-state index in [2.05, 4.69) is 187 Å². The zero-order valence-electron chi connectivity index (χ0n) is 30.8. The van der Waals surface area contributed by atoms with Crippen LogP contribution in [-0.4, -0.2) is 5.92 Å². The van der Waals surface area contributed by atoms with Crippen LogP contribution in [0.2, 0.25) is 0 Å². The molecule has 0 bridgehead atoms. The molecule has 0 fully saturated rings. The van der Waals surface area contributed by atoms with Gasteiger partial charge in [0.25, 0.3) is 0 Å². The molecule has 0 N–H and O–H groups in total. The van der Waals surface area contributed by atoms with E-state index in [1.54, 1.807) is 0 Å². The molecule has 0 radical (unpaired) electrons. The summed E-state index contributed by atoms with van der Waals surface area (Å²) in [5.41, 5.74) is 18.0. The predicted octanol–water partition coefficient (Wildman–Crippen LogP) is 12.4. The van der Waals surface area contributed by atoms with E-state index in [4.69, 9.17) is 17.0 Å². The van der Waals surface area contributed by atoms with Crippen LogP contribution < -0.4 is 10.4 Å². The molecule has 8 rings (SSSR count). The first kappa shape index (κ1) is 35.5. The van der Waals surface area contributed by atoms with Crippen LogP contribution in [0, 0.1) is 27.7 Å². The van der Waals surface area contributed by atoms with Gasteiger partial charge in [-0.25, -0.2) is 0 Å². The Bertz CT molecular complexity index is 2260. The normalized spacial score (nSPS) is 17.3. The molecule has 0 aromatic heterocycles. The van der Waals surface area contributed by atoms with Crippen molar-refractivity contribution in [3.8, 4) is 22.3 Å². The van der Waals surface area contributed by atoms with Gasteiger partial charge in [0, 0.05) is 0 Å². The van der Waals surface area contributed by atoms with E-state index < -0.39 is 21.5 Å². The summed E-state index contributed by atoms with van der Waals surface area (Å²) in [5.74, 6) is -2.35. The number of hydrogen-bond acceptors (Lipinski definition) is 0. The molecule has 2 aliphatic carbocycles. The van der Waals surface area contributed by atoms with Gasteiger partial charge in [-0.1, -0.05) is 0 Å². The predicted molar refractivity (Wildman–Crippen MR) is 226 cm³/mol. The number of halogens is 2. The second-order valence-corrected chi connectivity index (χ2v) is 53.4. The van der Waals surface area contributed by atoms with Crippen LogP contribution in [0.25, 0.3) is 34.4 Å². The molecule has 0 saturated heterocycles. The first-order valence-corrected chi connectivity index (χ1v) is 33.6. The van der Waals surface area contributed by atoms with E-state index in [-0.39, 0.29) is 7.25 Å². The zero-order chi connectivity index (χ0) is 36.4. The van der Waals surface area contributed by atoms with Gasteiger partial charge in [0.15, 0.2) is 0 Å². The zero-order valence-corrected chi connectivity index (χ0v) is 36.0. The van der Waals surface area contributed by atoms with Gasteiger partial charge in [-0.3, -0.25) is 0 Å². The van der Waals surface area contributed by atoms with Gasteiger partial charge in [-0.2, -0.15) is 0 Å². The first-order valence-electron chi connectivity index (χ1n) is 18.4. The molecule has 0 saturated carbocycles. The number of hydrogen-bond donors (Lipinski definition) is 0. The monoisotopic (exact) mass is 809 g/mol. The van der Waals surface area contributed by atoms with E-state index in [0.717, 1.165) is 0 Å². The van der Waals surface area contributed by atoms with E-state index in [1.807, 2.05) is 0 Å². The SMILES string of the molecule is CC1=Cc2c(-c3cccc(C)c3C)cccc2[CH]1[Zr]([Cl])([Cl])([CH]1C(C)=Cc2c(-c3cccc(C)c3C)cccc21)[SiH](c1ccccc1)c1ccccc1. The third kappa shape index (κ3) is 5.48. The summed E-state index contributed by atoms with van der Waals surface area (Å²) in [7, 11) is 18.3. The molecule has 6 aromatic carbocycles. The standard InChI is InChI=1S/2C18H17.C12H11Si.2ClH.Zr/c2*1-12-10-15-7-5-9-17(18(15)11-12)16-8-4-6-13(2)14(16)3;1-3-7-11(8-4-1)13-12-9-5-2-6-10-12;;;/h2*4-11H,1-3H3;1-10,13H;2*1H;/q;;;;;+2/p-2. The summed E-state index contributed by atoms with van der Waals surface area (Å²) >= 11 is -5.40. The fraction of sp³-hybridized carbons (Fsp3) is 0.167. The molecule has 6 aromatic rings. The van der Waals surface area contributed by atoms with Crippen molar-refractivity contribution < 1.29 is 15.6 Å². The second kappa shape index (κ2) is 13.4. The molecule has 0 heterocycles. The number of fused-ring (bicyclic) bond motifs is 2. The Balaban J connectivity index is 1.45. The first-order chi connectivity index (χ1) is 25.0. The second-order valence-electron chi connectivity index (χ2n) is 15.2. The minimum absolute atomic E-state index is 0.0643. The molecular formula is C48H45Cl2SiZr. The third-order valence-corrected chi connectivity index (χ3v) is 54.6. The van der Waals surface area contributed by atoms with Gasteiger partial charge in [-0.15, -0.1) is 0 Å². The number of rotatable bonds is 7. The molecule has 0 spiro atoms. The van der Waals surface area contributed by atoms with Gasteiger partial charge < -0.3 is 0 Å². The fourth-order valence-corrected chi connectivity index (χ4v) is 61.1. The van der Waals surface area contributed by atoms with Crippen LogP contribution in [-0.2, 0) is 15.6 Å². The summed E-state index contributed by atoms with van der Waals surface area (Å²) in [5, 5.41) is 2.64. The molecule has 0 amide bonds. The van der Waals surface area contributed by atoms with Crippen LogP contribution in [0.3, 0.4) is 0 Å². The summed E-state index contributed by atoms with van der Waals surface area (Å²) in [6.45, 7) is 13.5. The third-order valence-electron chi connectivity index (χ3n) is 12.3. The molecule has 0 nitrogen and oxygen atoms in total. The van der Waals surface area contributed by atoms with Gasteiger partial charge in [0.2, 0.25) is 0 Å². The van der Waals surface area contributed by atoms with Crippen molar-refractivity contribution in [3.05, 3.63) is 189 Å². The van der Waals surface area contributed by atoms with E-state index in [0.29, 0.717) is 0 Å². The van der Waals surface area contributed by atoms with Crippen LogP contribution in [0.15, 0.2) is 145 Å². The molecule has 0 aliphatic heterocycles. The Morgan fingerprint density at radius 2 is 0.788 bits per heavy atom. The molecule has 2 aliphatic rings. The molecule has 52 heavy (non-hydrogen) atoms. The van der Waals surface area contributed by atoms with Crippen LogP contribution in [0.5, 0.6) is 0 Å². The number of benzene rings is 6. The fourth-order valence-electron chi connectivity index (χ4n) is 9.74. The molecular weight excluding hydrogens is 767 g/mol. The summed E-state index contributed by atoms with van der Waals surface area (Å²) < 4.78 is -0.129. The average molecular weight is 812 g/mol. The van der Waals surface area contributed by atoms with E-state index in [1.165, 1.54) is 88.3 Å². The van der Waals surface area contributed by atoms with Crippen molar-refractivity contribution in [1.82, 2.24) is 0 Å². The van der Waals surface area contributed by atoms with Crippen LogP contribution >= 0.6 is 17.0 Å². The average Bonchev–Trinajstić information content (AvgIpc) is 3.68. The Morgan fingerprint density at radius 3 is 1.19 bits per heavy atom. The van der Waals surface area contributed by atoms with Crippen molar-refractivity contribution in [1.29, 1.82) is 0 Å². The quantitative estimate of drug-likeness (QED) is 0.141. The van der Waals surface area contributed by atoms with E-state index in [9.17, 15) is 0 Å². The van der Waals surface area contributed by atoms with Gasteiger partial charge in [0.1, 0.15) is 0 Å². The molecule has 4 heteroatoms. The summed E-state index contributed by atoms with van der Waals surface area (Å²) in [6, 6.07) is 49.2.